The number of nitrogens with zero attached hydrogens (tertiary/aromatic N) is 2. The lowest BCUT2D eigenvalue weighted by molar-refractivity contribution is 0.0758. The molecule has 1 N–H and O–H groups in total. The molecule has 1 amide bonds. The molecule has 1 saturated heterocycles. The predicted molar refractivity (Wildman–Crippen MR) is 76.2 cm³/mol. The Labute approximate surface area is 116 Å². The predicted octanol–water partition coefficient (Wildman–Crippen LogP) is 2.23. The summed E-state index contributed by atoms with van der Waals surface area (Å²) in [5.41, 5.74) is 0.102. The molecule has 19 heavy (non-hydrogen) atoms. The van der Waals surface area contributed by atoms with Gasteiger partial charge in [0.1, 0.15) is 0 Å². The van der Waals surface area contributed by atoms with Crippen LogP contribution in [-0.2, 0) is 0 Å². The Morgan fingerprint density at radius 1 is 1.68 bits per heavy atom. The van der Waals surface area contributed by atoms with Crippen LogP contribution in [0.4, 0.5) is 10.2 Å². The molecule has 1 aromatic heterocycles. The monoisotopic (exact) mass is 283 g/mol. The normalized spacial score (nSPS) is 19.3. The number of nitrogens with one attached hydrogen (secondary N) is 1. The van der Waals surface area contributed by atoms with Gasteiger partial charge in [0.15, 0.2) is 11.6 Å². The van der Waals surface area contributed by atoms with Crippen LogP contribution in [0, 0.1) is 5.82 Å². The zero-order chi connectivity index (χ0) is 13.8. The minimum atomic E-state index is -0.555. The third-order valence-corrected chi connectivity index (χ3v) is 4.13. The number of anilines is 1. The molecule has 0 bridgehead atoms. The van der Waals surface area contributed by atoms with E-state index in [1.807, 2.05) is 18.7 Å². The number of carbonyl (C=O) groups is 1. The number of hydrogen-bond acceptors (Lipinski definition) is 4. The third kappa shape index (κ3) is 3.18. The second-order valence-corrected chi connectivity index (χ2v) is 6.03. The summed E-state index contributed by atoms with van der Waals surface area (Å²) in [6.07, 6.45) is 1.47. The van der Waals surface area contributed by atoms with Crippen LogP contribution >= 0.6 is 11.8 Å². The molecule has 1 unspecified atom stereocenters. The topological polar surface area (TPSA) is 45.2 Å². The number of rotatable bonds is 3. The van der Waals surface area contributed by atoms with Crippen molar-refractivity contribution in [2.45, 2.75) is 19.1 Å². The van der Waals surface area contributed by atoms with Crippen molar-refractivity contribution in [1.29, 1.82) is 0 Å². The number of amides is 1. The average Bonchev–Trinajstić information content (AvgIpc) is 2.41. The molecular formula is C13H18FN3OS. The number of halogens is 1. The van der Waals surface area contributed by atoms with Gasteiger partial charge < -0.3 is 10.2 Å². The Hall–Kier alpha value is -1.30. The second-order valence-electron chi connectivity index (χ2n) is 4.48. The molecular weight excluding hydrogens is 265 g/mol. The van der Waals surface area contributed by atoms with Crippen LogP contribution in [-0.4, -0.2) is 46.4 Å². The fourth-order valence-corrected chi connectivity index (χ4v) is 3.09. The summed E-state index contributed by atoms with van der Waals surface area (Å²) >= 11 is 1.84. The maximum Gasteiger partial charge on any atom is 0.257 e. The highest BCUT2D eigenvalue weighted by atomic mass is 32.2. The van der Waals surface area contributed by atoms with Gasteiger partial charge in [-0.1, -0.05) is 6.92 Å². The summed E-state index contributed by atoms with van der Waals surface area (Å²) < 4.78 is 14.2. The first-order chi connectivity index (χ1) is 9.13. The summed E-state index contributed by atoms with van der Waals surface area (Å²) in [7, 11) is 0. The van der Waals surface area contributed by atoms with Gasteiger partial charge >= 0.3 is 0 Å². The molecule has 6 heteroatoms. The Bertz CT molecular complexity index is 469. The van der Waals surface area contributed by atoms with Gasteiger partial charge in [-0.3, -0.25) is 4.79 Å². The Morgan fingerprint density at radius 3 is 3.16 bits per heavy atom. The quantitative estimate of drug-likeness (QED) is 0.924. The zero-order valence-corrected chi connectivity index (χ0v) is 12.0. The van der Waals surface area contributed by atoms with Crippen molar-refractivity contribution in [3.63, 3.8) is 0 Å². The van der Waals surface area contributed by atoms with Crippen LogP contribution in [0.5, 0.6) is 0 Å². The Balaban J connectivity index is 2.21. The van der Waals surface area contributed by atoms with Crippen LogP contribution in [0.15, 0.2) is 12.3 Å². The first kappa shape index (κ1) is 14.1. The highest BCUT2D eigenvalue weighted by molar-refractivity contribution is 7.99. The Morgan fingerprint density at radius 2 is 2.47 bits per heavy atom. The van der Waals surface area contributed by atoms with Gasteiger partial charge in [-0.2, -0.15) is 11.8 Å². The van der Waals surface area contributed by atoms with Crippen molar-refractivity contribution in [1.82, 2.24) is 9.88 Å². The molecule has 2 rings (SSSR count). The molecule has 2 heterocycles. The van der Waals surface area contributed by atoms with Crippen molar-refractivity contribution in [2.75, 3.05) is 30.7 Å². The summed E-state index contributed by atoms with van der Waals surface area (Å²) in [4.78, 5) is 18.0. The maximum atomic E-state index is 14.2. The maximum absolute atomic E-state index is 14.2. The van der Waals surface area contributed by atoms with Crippen molar-refractivity contribution in [3.05, 3.63) is 23.6 Å². The second kappa shape index (κ2) is 6.23. The van der Waals surface area contributed by atoms with E-state index in [1.54, 1.807) is 4.90 Å². The molecule has 0 radical (unpaired) electrons. The first-order valence-corrected chi connectivity index (χ1v) is 7.47. The molecule has 0 aromatic carbocycles. The number of thioether (sulfide) groups is 1. The molecule has 1 aliphatic heterocycles. The average molecular weight is 283 g/mol. The molecule has 1 aliphatic rings. The third-order valence-electron chi connectivity index (χ3n) is 2.99. The summed E-state index contributed by atoms with van der Waals surface area (Å²) in [5, 5.41) is 3.22. The van der Waals surface area contributed by atoms with E-state index in [1.165, 1.54) is 12.3 Å². The number of aromatic nitrogens is 1. The number of pyridine rings is 1. The SMILES string of the molecule is CCNc1nccc(C(=O)N2CCSC(C)C2)c1F. The van der Waals surface area contributed by atoms with Crippen LogP contribution < -0.4 is 5.32 Å². The molecule has 1 fully saturated rings. The van der Waals surface area contributed by atoms with Gasteiger partial charge in [-0.05, 0) is 13.0 Å². The van der Waals surface area contributed by atoms with Crippen LogP contribution in [0.1, 0.15) is 24.2 Å². The highest BCUT2D eigenvalue weighted by Crippen LogP contribution is 2.22. The number of carbonyl (C=O) groups excluding carboxylic acids is 1. The number of hydrogen-bond donors (Lipinski definition) is 1. The van der Waals surface area contributed by atoms with E-state index >= 15 is 0 Å². The highest BCUT2D eigenvalue weighted by Gasteiger charge is 2.25. The summed E-state index contributed by atoms with van der Waals surface area (Å²) in [6.45, 7) is 5.85. The van der Waals surface area contributed by atoms with E-state index in [2.05, 4.69) is 17.2 Å². The van der Waals surface area contributed by atoms with Gasteiger partial charge in [-0.25, -0.2) is 9.37 Å². The van der Waals surface area contributed by atoms with Crippen LogP contribution in [0.3, 0.4) is 0 Å². The summed E-state index contributed by atoms with van der Waals surface area (Å²) in [6, 6.07) is 1.45. The van der Waals surface area contributed by atoms with E-state index in [0.717, 1.165) is 5.75 Å². The van der Waals surface area contributed by atoms with Gasteiger partial charge in [0.2, 0.25) is 0 Å². The van der Waals surface area contributed by atoms with Gasteiger partial charge in [-0.15, -0.1) is 0 Å². The zero-order valence-electron chi connectivity index (χ0n) is 11.1. The smallest absolute Gasteiger partial charge is 0.257 e. The summed E-state index contributed by atoms with van der Waals surface area (Å²) in [5.74, 6) is 0.249. The van der Waals surface area contributed by atoms with E-state index in [4.69, 9.17) is 0 Å². The molecule has 1 aromatic rings. The van der Waals surface area contributed by atoms with E-state index in [9.17, 15) is 9.18 Å². The minimum absolute atomic E-state index is 0.102. The molecule has 104 valence electrons. The van der Waals surface area contributed by atoms with Crippen LogP contribution in [0.2, 0.25) is 0 Å². The fraction of sp³-hybridized carbons (Fsp3) is 0.538. The minimum Gasteiger partial charge on any atom is -0.368 e. The first-order valence-electron chi connectivity index (χ1n) is 6.42. The van der Waals surface area contributed by atoms with E-state index in [-0.39, 0.29) is 17.3 Å². The van der Waals surface area contributed by atoms with Gasteiger partial charge in [0.25, 0.3) is 5.91 Å². The molecule has 0 spiro atoms. The lowest BCUT2D eigenvalue weighted by atomic mass is 10.2. The van der Waals surface area contributed by atoms with Gasteiger partial charge in [0, 0.05) is 36.8 Å². The Kier molecular flexibility index (Phi) is 4.63. The lowest BCUT2D eigenvalue weighted by Crippen LogP contribution is -2.41. The molecule has 4 nitrogen and oxygen atoms in total. The van der Waals surface area contributed by atoms with Crippen molar-refractivity contribution >= 4 is 23.5 Å². The van der Waals surface area contributed by atoms with Gasteiger partial charge in [0.05, 0.1) is 5.56 Å². The molecule has 1 atom stereocenters. The van der Waals surface area contributed by atoms with E-state index < -0.39 is 5.82 Å². The van der Waals surface area contributed by atoms with Crippen molar-refractivity contribution in [2.24, 2.45) is 0 Å². The molecule has 0 aliphatic carbocycles. The van der Waals surface area contributed by atoms with E-state index in [0.29, 0.717) is 24.9 Å². The van der Waals surface area contributed by atoms with Crippen molar-refractivity contribution in [3.8, 4) is 0 Å². The van der Waals surface area contributed by atoms with Crippen LogP contribution in [0.25, 0.3) is 0 Å². The lowest BCUT2D eigenvalue weighted by Gasteiger charge is -2.30. The molecule has 0 saturated carbocycles. The standard InChI is InChI=1S/C13H18FN3OS/c1-3-15-12-11(14)10(4-5-16-12)13(18)17-6-7-19-9(2)8-17/h4-5,9H,3,6-8H2,1-2H3,(H,15,16). The largest absolute Gasteiger partial charge is 0.368 e. The van der Waals surface area contributed by atoms with Crippen molar-refractivity contribution < 1.29 is 9.18 Å². The fourth-order valence-electron chi connectivity index (χ4n) is 2.07.